The second kappa shape index (κ2) is 7.88. The Kier molecular flexibility index (Phi) is 8.04. The van der Waals surface area contributed by atoms with Gasteiger partial charge in [-0.3, -0.25) is 0 Å². The Hall–Kier alpha value is 0.250. The molecule has 74 valence electrons. The van der Waals surface area contributed by atoms with Crippen molar-refractivity contribution in [2.75, 3.05) is 13.1 Å². The Morgan fingerprint density at radius 1 is 1.17 bits per heavy atom. The summed E-state index contributed by atoms with van der Waals surface area (Å²) in [6, 6.07) is 0. The molecule has 1 saturated carbocycles. The second-order valence-electron chi connectivity index (χ2n) is 3.71. The standard InChI is InChI=1S/C10H21N.ClH/c1-2-8-11-9-10-6-4-3-5-7-10;/h10-11H,2-9H2,1H3;1H. The lowest BCUT2D eigenvalue weighted by molar-refractivity contribution is 0.343. The average molecular weight is 192 g/mol. The fourth-order valence-corrected chi connectivity index (χ4v) is 1.87. The summed E-state index contributed by atoms with van der Waals surface area (Å²) in [5, 5.41) is 3.50. The van der Waals surface area contributed by atoms with Gasteiger partial charge in [0.25, 0.3) is 0 Å². The van der Waals surface area contributed by atoms with Crippen LogP contribution in [0.2, 0.25) is 0 Å². The third-order valence-corrected chi connectivity index (χ3v) is 2.58. The van der Waals surface area contributed by atoms with Crippen LogP contribution in [0.15, 0.2) is 0 Å². The van der Waals surface area contributed by atoms with Gasteiger partial charge in [-0.15, -0.1) is 12.4 Å². The zero-order chi connectivity index (χ0) is 7.94. The van der Waals surface area contributed by atoms with Gasteiger partial charge in [-0.25, -0.2) is 0 Å². The smallest absolute Gasteiger partial charge is 0.00205 e. The van der Waals surface area contributed by atoms with Crippen LogP contribution < -0.4 is 5.32 Å². The van der Waals surface area contributed by atoms with E-state index in [0.29, 0.717) is 0 Å². The van der Waals surface area contributed by atoms with Gasteiger partial charge in [0.05, 0.1) is 0 Å². The SMILES string of the molecule is CCCNCC1CCCCC1.Cl. The summed E-state index contributed by atoms with van der Waals surface area (Å²) in [6.07, 6.45) is 8.63. The van der Waals surface area contributed by atoms with E-state index in [0.717, 1.165) is 5.92 Å². The molecule has 1 fully saturated rings. The van der Waals surface area contributed by atoms with Gasteiger partial charge in [0, 0.05) is 0 Å². The largest absolute Gasteiger partial charge is 0.316 e. The molecule has 0 bridgehead atoms. The Balaban J connectivity index is 0.00000121. The number of hydrogen-bond acceptors (Lipinski definition) is 1. The molecule has 1 rings (SSSR count). The molecule has 0 saturated heterocycles. The van der Waals surface area contributed by atoms with Crippen LogP contribution in [0, 0.1) is 5.92 Å². The third kappa shape index (κ3) is 5.00. The first-order chi connectivity index (χ1) is 5.43. The normalized spacial score (nSPS) is 18.8. The first kappa shape index (κ1) is 12.2. The van der Waals surface area contributed by atoms with E-state index in [1.54, 1.807) is 0 Å². The Morgan fingerprint density at radius 3 is 2.42 bits per heavy atom. The molecule has 0 aromatic carbocycles. The lowest BCUT2D eigenvalue weighted by Gasteiger charge is -2.21. The minimum Gasteiger partial charge on any atom is -0.316 e. The molecule has 1 N–H and O–H groups in total. The van der Waals surface area contributed by atoms with Crippen molar-refractivity contribution in [3.63, 3.8) is 0 Å². The summed E-state index contributed by atoms with van der Waals surface area (Å²) in [7, 11) is 0. The fraction of sp³-hybridized carbons (Fsp3) is 1.00. The van der Waals surface area contributed by atoms with Gasteiger partial charge in [-0.05, 0) is 38.3 Å². The summed E-state index contributed by atoms with van der Waals surface area (Å²) in [5.41, 5.74) is 0. The van der Waals surface area contributed by atoms with Crippen LogP contribution >= 0.6 is 12.4 Å². The molecule has 1 aliphatic rings. The highest BCUT2D eigenvalue weighted by Crippen LogP contribution is 2.22. The minimum absolute atomic E-state index is 0. The fourth-order valence-electron chi connectivity index (χ4n) is 1.87. The van der Waals surface area contributed by atoms with E-state index < -0.39 is 0 Å². The molecule has 0 amide bonds. The van der Waals surface area contributed by atoms with Crippen molar-refractivity contribution in [3.05, 3.63) is 0 Å². The third-order valence-electron chi connectivity index (χ3n) is 2.58. The Bertz CT molecular complexity index is 89.8. The van der Waals surface area contributed by atoms with Crippen molar-refractivity contribution >= 4 is 12.4 Å². The van der Waals surface area contributed by atoms with Gasteiger partial charge < -0.3 is 5.32 Å². The number of nitrogens with one attached hydrogen (secondary N) is 1. The average Bonchev–Trinajstić information content (AvgIpc) is 2.07. The zero-order valence-electron chi connectivity index (χ0n) is 8.14. The molecule has 12 heavy (non-hydrogen) atoms. The predicted molar refractivity (Wildman–Crippen MR) is 57.0 cm³/mol. The summed E-state index contributed by atoms with van der Waals surface area (Å²) in [5.74, 6) is 0.996. The summed E-state index contributed by atoms with van der Waals surface area (Å²) in [4.78, 5) is 0. The first-order valence-corrected chi connectivity index (χ1v) is 5.14. The molecule has 0 heterocycles. The highest BCUT2D eigenvalue weighted by molar-refractivity contribution is 5.85. The quantitative estimate of drug-likeness (QED) is 0.674. The van der Waals surface area contributed by atoms with Crippen LogP contribution in [-0.4, -0.2) is 13.1 Å². The van der Waals surface area contributed by atoms with Gasteiger partial charge in [-0.2, -0.15) is 0 Å². The van der Waals surface area contributed by atoms with E-state index in [1.165, 1.54) is 51.6 Å². The zero-order valence-corrected chi connectivity index (χ0v) is 8.96. The van der Waals surface area contributed by atoms with Gasteiger partial charge in [0.2, 0.25) is 0 Å². The van der Waals surface area contributed by atoms with Crippen molar-refractivity contribution in [3.8, 4) is 0 Å². The molecule has 0 atom stereocenters. The maximum absolute atomic E-state index is 3.50. The minimum atomic E-state index is 0. The van der Waals surface area contributed by atoms with Crippen LogP contribution in [0.25, 0.3) is 0 Å². The van der Waals surface area contributed by atoms with Crippen LogP contribution in [0.1, 0.15) is 45.4 Å². The maximum Gasteiger partial charge on any atom is -0.00205 e. The van der Waals surface area contributed by atoms with Crippen LogP contribution in [-0.2, 0) is 0 Å². The maximum atomic E-state index is 3.50. The monoisotopic (exact) mass is 191 g/mol. The van der Waals surface area contributed by atoms with Gasteiger partial charge >= 0.3 is 0 Å². The van der Waals surface area contributed by atoms with Crippen molar-refractivity contribution < 1.29 is 0 Å². The van der Waals surface area contributed by atoms with Gasteiger partial charge in [0.1, 0.15) is 0 Å². The summed E-state index contributed by atoms with van der Waals surface area (Å²) in [6.45, 7) is 4.71. The number of halogens is 1. The number of rotatable bonds is 4. The summed E-state index contributed by atoms with van der Waals surface area (Å²) >= 11 is 0. The first-order valence-electron chi connectivity index (χ1n) is 5.14. The molecular formula is C10H22ClN. The molecule has 0 aromatic rings. The van der Waals surface area contributed by atoms with Gasteiger partial charge in [0.15, 0.2) is 0 Å². The number of hydrogen-bond donors (Lipinski definition) is 1. The van der Waals surface area contributed by atoms with E-state index in [-0.39, 0.29) is 12.4 Å². The lowest BCUT2D eigenvalue weighted by atomic mass is 9.89. The molecule has 0 unspecified atom stereocenters. The topological polar surface area (TPSA) is 12.0 Å². The van der Waals surface area contributed by atoms with E-state index in [1.807, 2.05) is 0 Å². The summed E-state index contributed by atoms with van der Waals surface area (Å²) < 4.78 is 0. The molecular weight excluding hydrogens is 170 g/mol. The van der Waals surface area contributed by atoms with E-state index in [9.17, 15) is 0 Å². The van der Waals surface area contributed by atoms with Crippen molar-refractivity contribution in [1.29, 1.82) is 0 Å². The van der Waals surface area contributed by atoms with Crippen molar-refractivity contribution in [1.82, 2.24) is 5.32 Å². The molecule has 2 heteroatoms. The van der Waals surface area contributed by atoms with E-state index in [4.69, 9.17) is 0 Å². The highest BCUT2D eigenvalue weighted by atomic mass is 35.5. The molecule has 1 nitrogen and oxygen atoms in total. The molecule has 1 aliphatic carbocycles. The molecule has 0 spiro atoms. The molecule has 0 radical (unpaired) electrons. The lowest BCUT2D eigenvalue weighted by Crippen LogP contribution is -2.24. The van der Waals surface area contributed by atoms with Crippen LogP contribution in [0.4, 0.5) is 0 Å². The van der Waals surface area contributed by atoms with E-state index in [2.05, 4.69) is 12.2 Å². The molecule has 0 aromatic heterocycles. The second-order valence-corrected chi connectivity index (χ2v) is 3.71. The highest BCUT2D eigenvalue weighted by Gasteiger charge is 2.11. The van der Waals surface area contributed by atoms with Crippen molar-refractivity contribution in [2.45, 2.75) is 45.4 Å². The molecule has 0 aliphatic heterocycles. The van der Waals surface area contributed by atoms with E-state index >= 15 is 0 Å². The van der Waals surface area contributed by atoms with Gasteiger partial charge in [-0.1, -0.05) is 26.2 Å². The Morgan fingerprint density at radius 2 is 1.83 bits per heavy atom. The Labute approximate surface area is 82.7 Å². The predicted octanol–water partition coefficient (Wildman–Crippen LogP) is 2.99. The van der Waals surface area contributed by atoms with Crippen LogP contribution in [0.3, 0.4) is 0 Å². The van der Waals surface area contributed by atoms with Crippen LogP contribution in [0.5, 0.6) is 0 Å². The van der Waals surface area contributed by atoms with Crippen molar-refractivity contribution in [2.24, 2.45) is 5.92 Å².